The zero-order valence-electron chi connectivity index (χ0n) is 20.7. The van der Waals surface area contributed by atoms with Crippen LogP contribution < -0.4 is 5.32 Å². The van der Waals surface area contributed by atoms with Crippen molar-refractivity contribution in [1.82, 2.24) is 5.32 Å². The maximum absolute atomic E-state index is 13.2. The van der Waals surface area contributed by atoms with Crippen LogP contribution in [0, 0.1) is 23.2 Å². The van der Waals surface area contributed by atoms with Crippen molar-refractivity contribution in [1.29, 1.82) is 0 Å². The molecule has 5 rings (SSSR count). The summed E-state index contributed by atoms with van der Waals surface area (Å²) in [5.41, 5.74) is 3.56. The van der Waals surface area contributed by atoms with Gasteiger partial charge in [0.15, 0.2) is 5.17 Å². The van der Waals surface area contributed by atoms with Crippen LogP contribution in [0.1, 0.15) is 88.3 Å². The number of thioether (sulfide) groups is 1. The highest BCUT2D eigenvalue weighted by Gasteiger charge is 2.58. The van der Waals surface area contributed by atoms with Crippen molar-refractivity contribution < 1.29 is 14.7 Å². The minimum atomic E-state index is -0.207. The van der Waals surface area contributed by atoms with E-state index in [1.165, 1.54) is 11.1 Å². The van der Waals surface area contributed by atoms with Crippen LogP contribution >= 0.6 is 11.8 Å². The molecule has 0 spiro atoms. The van der Waals surface area contributed by atoms with Crippen LogP contribution in [0.4, 0.5) is 0 Å². The van der Waals surface area contributed by atoms with E-state index in [2.05, 4.69) is 37.1 Å². The van der Waals surface area contributed by atoms with Gasteiger partial charge in [-0.2, -0.15) is 0 Å². The number of aromatic hydroxyl groups is 1. The summed E-state index contributed by atoms with van der Waals surface area (Å²) in [4.78, 5) is 30.1. The Labute approximate surface area is 207 Å². The average molecular weight is 483 g/mol. The summed E-state index contributed by atoms with van der Waals surface area (Å²) >= 11 is 1.64. The molecule has 4 aliphatic rings. The normalized spacial score (nSPS) is 34.3. The molecule has 2 fully saturated rings. The van der Waals surface area contributed by atoms with Crippen molar-refractivity contribution in [3.63, 3.8) is 0 Å². The van der Waals surface area contributed by atoms with Crippen LogP contribution in [0.3, 0.4) is 0 Å². The number of hydrogen-bond acceptors (Lipinski definition) is 5. The molecule has 1 amide bonds. The minimum Gasteiger partial charge on any atom is -0.508 e. The fourth-order valence-electron chi connectivity index (χ4n) is 7.52. The van der Waals surface area contributed by atoms with Crippen molar-refractivity contribution in [3.8, 4) is 5.75 Å². The van der Waals surface area contributed by atoms with E-state index in [4.69, 9.17) is 0 Å². The number of ketones is 1. The van der Waals surface area contributed by atoms with E-state index in [0.717, 1.165) is 62.2 Å². The molecule has 1 aromatic rings. The van der Waals surface area contributed by atoms with Crippen LogP contribution in [0.2, 0.25) is 0 Å². The molecule has 0 radical (unpaired) electrons. The molecule has 1 unspecified atom stereocenters. The number of nitrogens with zero attached hydrogens (tertiary/aromatic N) is 1. The lowest BCUT2D eigenvalue weighted by Crippen LogP contribution is -2.44. The Balaban J connectivity index is 1.28. The van der Waals surface area contributed by atoms with Crippen LogP contribution in [-0.2, 0) is 22.4 Å². The molecular weight excluding hydrogens is 444 g/mol. The topological polar surface area (TPSA) is 78.8 Å². The number of Topliss-reactive ketones (excluding diaryl/α,β-unsaturated/α-hetero) is 1. The Morgan fingerprint density at radius 2 is 2.15 bits per heavy atom. The Morgan fingerprint density at radius 3 is 2.88 bits per heavy atom. The first-order valence-electron chi connectivity index (χ1n) is 13.2. The number of phenols is 1. The number of carbonyl (C=O) groups is 2. The van der Waals surface area contributed by atoms with E-state index >= 15 is 0 Å². The van der Waals surface area contributed by atoms with Gasteiger partial charge in [-0.25, -0.2) is 0 Å². The Kier molecular flexibility index (Phi) is 6.56. The number of aliphatic imine (C=N–C) groups is 1. The zero-order chi connectivity index (χ0) is 24.0. The van der Waals surface area contributed by atoms with Gasteiger partial charge in [0, 0.05) is 23.5 Å². The molecule has 0 bridgehead atoms. The smallest absolute Gasteiger partial charge is 0.225 e. The number of nitrogens with one attached hydrogen (secondary N) is 1. The summed E-state index contributed by atoms with van der Waals surface area (Å²) in [5.74, 6) is 2.73. The Hall–Kier alpha value is -1.82. The second-order valence-corrected chi connectivity index (χ2v) is 12.7. The predicted octanol–water partition coefficient (Wildman–Crippen LogP) is 5.38. The van der Waals surface area contributed by atoms with E-state index in [9.17, 15) is 14.7 Å². The first kappa shape index (κ1) is 23.9. The molecule has 5 nitrogen and oxygen atoms in total. The minimum absolute atomic E-state index is 0.0486. The van der Waals surface area contributed by atoms with E-state index in [0.29, 0.717) is 53.3 Å². The highest BCUT2D eigenvalue weighted by molar-refractivity contribution is 8.14. The molecule has 1 aliphatic heterocycles. The summed E-state index contributed by atoms with van der Waals surface area (Å²) in [6.07, 6.45) is 7.90. The van der Waals surface area contributed by atoms with Gasteiger partial charge in [0.2, 0.25) is 5.91 Å². The van der Waals surface area contributed by atoms with Crippen molar-refractivity contribution in [3.05, 3.63) is 28.8 Å². The number of carbonyl (C=O) groups excluding carboxylic acids is 2. The summed E-state index contributed by atoms with van der Waals surface area (Å²) < 4.78 is 0. The average Bonchev–Trinajstić information content (AvgIpc) is 3.32. The van der Waals surface area contributed by atoms with E-state index in [1.54, 1.807) is 11.8 Å². The third kappa shape index (κ3) is 4.20. The van der Waals surface area contributed by atoms with Gasteiger partial charge in [0.05, 0.1) is 6.54 Å². The number of fused-ring (bicyclic) bond motifs is 5. The van der Waals surface area contributed by atoms with Crippen LogP contribution in [0.15, 0.2) is 17.1 Å². The predicted molar refractivity (Wildman–Crippen MR) is 137 cm³/mol. The monoisotopic (exact) mass is 482 g/mol. The number of amides is 1. The molecule has 1 aromatic carbocycles. The van der Waals surface area contributed by atoms with Crippen molar-refractivity contribution in [2.75, 3.05) is 6.54 Å². The van der Waals surface area contributed by atoms with E-state index in [-0.39, 0.29) is 11.3 Å². The van der Waals surface area contributed by atoms with Gasteiger partial charge in [0.25, 0.3) is 0 Å². The van der Waals surface area contributed by atoms with Crippen molar-refractivity contribution in [2.24, 2.45) is 28.2 Å². The second kappa shape index (κ2) is 9.33. The van der Waals surface area contributed by atoms with Gasteiger partial charge < -0.3 is 10.4 Å². The number of rotatable bonds is 5. The van der Waals surface area contributed by atoms with Crippen molar-refractivity contribution in [2.45, 2.75) is 89.7 Å². The number of phenolic OH excluding ortho intramolecular Hbond substituents is 1. The summed E-state index contributed by atoms with van der Waals surface area (Å²) in [5, 5.41) is 14.6. The molecule has 6 heteroatoms. The molecule has 2 saturated carbocycles. The fraction of sp³-hybridized carbons (Fsp3) is 0.679. The number of hydrogen-bond donors (Lipinski definition) is 2. The lowest BCUT2D eigenvalue weighted by molar-refractivity contribution is -0.129. The van der Waals surface area contributed by atoms with E-state index in [1.807, 2.05) is 6.07 Å². The highest BCUT2D eigenvalue weighted by atomic mass is 32.2. The molecule has 0 saturated heterocycles. The lowest BCUT2D eigenvalue weighted by atomic mass is 9.54. The number of benzene rings is 1. The van der Waals surface area contributed by atoms with Gasteiger partial charge in [-0.3, -0.25) is 14.6 Å². The molecule has 0 aromatic heterocycles. The third-order valence-electron chi connectivity index (χ3n) is 9.18. The van der Waals surface area contributed by atoms with Gasteiger partial charge >= 0.3 is 0 Å². The fourth-order valence-corrected chi connectivity index (χ4v) is 8.37. The highest BCUT2D eigenvalue weighted by Crippen LogP contribution is 2.62. The summed E-state index contributed by atoms with van der Waals surface area (Å²) in [6, 6.07) is 4.26. The second-order valence-electron chi connectivity index (χ2n) is 11.2. The maximum Gasteiger partial charge on any atom is 0.225 e. The van der Waals surface area contributed by atoms with Gasteiger partial charge in [0.1, 0.15) is 11.5 Å². The molecule has 184 valence electrons. The number of amidine groups is 1. The SMILES string of the molecule is CCc1cc2c(cc1O)CC[C@H]1[C@@H]3[C@H](CCCC(=O)NC4=NCC(C)S4)CC(=O)[C@@]3(C)CC[C@H]21. The summed E-state index contributed by atoms with van der Waals surface area (Å²) in [7, 11) is 0. The maximum atomic E-state index is 13.2. The Bertz CT molecular complexity index is 1020. The molecule has 34 heavy (non-hydrogen) atoms. The Morgan fingerprint density at radius 1 is 1.32 bits per heavy atom. The lowest BCUT2D eigenvalue weighted by Gasteiger charge is -2.50. The van der Waals surface area contributed by atoms with Crippen LogP contribution in [0.5, 0.6) is 5.75 Å². The summed E-state index contributed by atoms with van der Waals surface area (Å²) in [6.45, 7) is 7.22. The van der Waals surface area contributed by atoms with Crippen molar-refractivity contribution >= 4 is 28.6 Å². The first-order chi connectivity index (χ1) is 16.3. The standard InChI is InChI=1S/C28H38N2O3S/c1-4-17-12-22-18(13-23(17)31)8-9-21-20(22)10-11-28(3)24(32)14-19(26(21)28)6-5-7-25(33)30-27-29-15-16(2)34-27/h12-13,16,19-21,26,31H,4-11,14-15H2,1-3H3,(H,29,30,33)/t16?,19-,20+,21-,26+,28-/m1/s1. The van der Waals surface area contributed by atoms with Gasteiger partial charge in [-0.15, -0.1) is 0 Å². The molecule has 1 heterocycles. The first-order valence-corrected chi connectivity index (χ1v) is 14.1. The van der Waals surface area contributed by atoms with E-state index < -0.39 is 0 Å². The zero-order valence-corrected chi connectivity index (χ0v) is 21.5. The number of aryl methyl sites for hydroxylation is 2. The molecular formula is C28H38N2O3S. The van der Waals surface area contributed by atoms with Gasteiger partial charge in [-0.05, 0) is 91.4 Å². The largest absolute Gasteiger partial charge is 0.508 e. The quantitative estimate of drug-likeness (QED) is 0.590. The van der Waals surface area contributed by atoms with Gasteiger partial charge in [-0.1, -0.05) is 38.6 Å². The van der Waals surface area contributed by atoms with Crippen LogP contribution in [-0.4, -0.2) is 33.8 Å². The van der Waals surface area contributed by atoms with Crippen LogP contribution in [0.25, 0.3) is 0 Å². The molecule has 2 N–H and O–H groups in total. The third-order valence-corrected chi connectivity index (χ3v) is 10.2. The molecule has 3 aliphatic carbocycles. The molecule has 6 atom stereocenters.